The molecule has 1 unspecified atom stereocenters. The largest absolute Gasteiger partial charge is 0.486 e. The van der Waals surface area contributed by atoms with E-state index in [2.05, 4.69) is 4.98 Å². The van der Waals surface area contributed by atoms with Crippen LogP contribution in [-0.4, -0.2) is 30.3 Å². The lowest BCUT2D eigenvalue weighted by atomic mass is 9.81. The molecule has 0 aliphatic heterocycles. The predicted molar refractivity (Wildman–Crippen MR) is 132 cm³/mol. The second-order valence-corrected chi connectivity index (χ2v) is 9.52. The SMILES string of the molecule is COc1cc(-c2ccc(COc3cccc(CCC(=O)O)c3F)cc2C(OC)C(C)(C)C)c(F)cn1. The first kappa shape index (κ1) is 27.1. The lowest BCUT2D eigenvalue weighted by Crippen LogP contribution is -2.21. The van der Waals surface area contributed by atoms with Crippen molar-refractivity contribution in [3.8, 4) is 22.8 Å². The molecule has 36 heavy (non-hydrogen) atoms. The molecule has 0 radical (unpaired) electrons. The second-order valence-electron chi connectivity index (χ2n) is 9.52. The van der Waals surface area contributed by atoms with E-state index < -0.39 is 17.6 Å². The van der Waals surface area contributed by atoms with Crippen molar-refractivity contribution in [3.63, 3.8) is 0 Å². The van der Waals surface area contributed by atoms with E-state index in [9.17, 15) is 13.6 Å². The molecule has 2 aromatic carbocycles. The summed E-state index contributed by atoms with van der Waals surface area (Å²) in [5.41, 5.74) is 2.39. The van der Waals surface area contributed by atoms with Gasteiger partial charge in [0.05, 0.1) is 19.4 Å². The van der Waals surface area contributed by atoms with Crippen molar-refractivity contribution in [2.75, 3.05) is 14.2 Å². The first-order valence-corrected chi connectivity index (χ1v) is 11.5. The number of nitrogens with zero attached hydrogens (tertiary/aromatic N) is 1. The summed E-state index contributed by atoms with van der Waals surface area (Å²) in [6.07, 6.45) is 0.627. The summed E-state index contributed by atoms with van der Waals surface area (Å²) in [6, 6.07) is 11.6. The minimum atomic E-state index is -0.997. The molecule has 0 aliphatic rings. The van der Waals surface area contributed by atoms with Crippen molar-refractivity contribution in [1.29, 1.82) is 0 Å². The van der Waals surface area contributed by atoms with Gasteiger partial charge in [0.15, 0.2) is 11.6 Å². The average molecular weight is 500 g/mol. The molecular weight excluding hydrogens is 468 g/mol. The number of carboxylic acid groups (broad SMARTS) is 1. The van der Waals surface area contributed by atoms with Gasteiger partial charge >= 0.3 is 5.97 Å². The number of hydrogen-bond donors (Lipinski definition) is 1. The first-order chi connectivity index (χ1) is 17.0. The Morgan fingerprint density at radius 3 is 2.47 bits per heavy atom. The molecule has 0 saturated carbocycles. The summed E-state index contributed by atoms with van der Waals surface area (Å²) in [5, 5.41) is 8.89. The van der Waals surface area contributed by atoms with Gasteiger partial charge in [-0.3, -0.25) is 4.79 Å². The fourth-order valence-electron chi connectivity index (χ4n) is 4.11. The van der Waals surface area contributed by atoms with Gasteiger partial charge in [-0.25, -0.2) is 13.8 Å². The third-order valence-electron chi connectivity index (χ3n) is 5.80. The van der Waals surface area contributed by atoms with E-state index in [4.69, 9.17) is 19.3 Å². The maximum atomic E-state index is 14.8. The number of halogens is 2. The van der Waals surface area contributed by atoms with Crippen LogP contribution >= 0.6 is 0 Å². The van der Waals surface area contributed by atoms with Gasteiger partial charge in [-0.1, -0.05) is 45.0 Å². The number of methoxy groups -OCH3 is 2. The van der Waals surface area contributed by atoms with Crippen LogP contribution in [0.3, 0.4) is 0 Å². The Morgan fingerprint density at radius 1 is 1.08 bits per heavy atom. The van der Waals surface area contributed by atoms with E-state index in [0.717, 1.165) is 17.3 Å². The van der Waals surface area contributed by atoms with Gasteiger partial charge in [0.2, 0.25) is 5.88 Å². The average Bonchev–Trinajstić information content (AvgIpc) is 2.83. The summed E-state index contributed by atoms with van der Waals surface area (Å²) in [6.45, 7) is 6.12. The normalized spacial score (nSPS) is 12.3. The zero-order valence-electron chi connectivity index (χ0n) is 21.1. The number of aliphatic carboxylic acids is 1. The van der Waals surface area contributed by atoms with Crippen LogP contribution in [0.1, 0.15) is 50.0 Å². The lowest BCUT2D eigenvalue weighted by molar-refractivity contribution is -0.136. The Balaban J connectivity index is 1.98. The zero-order chi connectivity index (χ0) is 26.5. The molecular formula is C28H31F2NO5. The van der Waals surface area contributed by atoms with E-state index in [1.165, 1.54) is 19.2 Å². The highest BCUT2D eigenvalue weighted by Gasteiger charge is 2.29. The van der Waals surface area contributed by atoms with Crippen LogP contribution in [0.4, 0.5) is 8.78 Å². The van der Waals surface area contributed by atoms with Gasteiger partial charge in [0, 0.05) is 25.2 Å². The van der Waals surface area contributed by atoms with Gasteiger partial charge in [-0.05, 0) is 46.2 Å². The van der Waals surface area contributed by atoms with Crippen LogP contribution in [0.5, 0.6) is 11.6 Å². The maximum Gasteiger partial charge on any atom is 0.303 e. The van der Waals surface area contributed by atoms with E-state index in [1.807, 2.05) is 26.8 Å². The van der Waals surface area contributed by atoms with Crippen LogP contribution in [0.15, 0.2) is 48.7 Å². The van der Waals surface area contributed by atoms with E-state index >= 15 is 0 Å². The Labute approximate surface area is 209 Å². The predicted octanol–water partition coefficient (Wildman–Crippen LogP) is 6.37. The number of carboxylic acids is 1. The molecule has 0 spiro atoms. The monoisotopic (exact) mass is 499 g/mol. The molecule has 1 heterocycles. The van der Waals surface area contributed by atoms with Crippen LogP contribution in [0.2, 0.25) is 0 Å². The van der Waals surface area contributed by atoms with Crippen molar-refractivity contribution in [2.45, 2.75) is 46.3 Å². The maximum absolute atomic E-state index is 14.8. The van der Waals surface area contributed by atoms with Crippen LogP contribution in [-0.2, 0) is 22.6 Å². The number of aryl methyl sites for hydroxylation is 1. The molecule has 0 saturated heterocycles. The number of carbonyl (C=O) groups is 1. The van der Waals surface area contributed by atoms with Crippen LogP contribution < -0.4 is 9.47 Å². The molecule has 0 bridgehead atoms. The Bertz CT molecular complexity index is 1220. The Hall–Kier alpha value is -3.52. The molecule has 3 aromatic rings. The Kier molecular flexibility index (Phi) is 8.63. The van der Waals surface area contributed by atoms with Crippen LogP contribution in [0.25, 0.3) is 11.1 Å². The van der Waals surface area contributed by atoms with Crippen LogP contribution in [0, 0.1) is 17.0 Å². The topological polar surface area (TPSA) is 77.9 Å². The highest BCUT2D eigenvalue weighted by molar-refractivity contribution is 5.70. The first-order valence-electron chi connectivity index (χ1n) is 11.5. The number of hydrogen-bond acceptors (Lipinski definition) is 5. The van der Waals surface area contributed by atoms with Gasteiger partial charge in [0.1, 0.15) is 12.4 Å². The Morgan fingerprint density at radius 2 is 1.83 bits per heavy atom. The van der Waals surface area contributed by atoms with Crippen molar-refractivity contribution in [1.82, 2.24) is 4.98 Å². The molecule has 6 nitrogen and oxygen atoms in total. The number of rotatable bonds is 10. The standard InChI is InChI=1S/C28H31F2NO5/c1-28(2,3)27(35-5)21-13-17(9-11-19(21)20-14-24(34-4)31-15-22(20)29)16-36-23-8-6-7-18(26(23)30)10-12-25(32)33/h6-9,11,13-15,27H,10,12,16H2,1-5H3,(H,32,33). The molecule has 0 fully saturated rings. The third kappa shape index (κ3) is 6.37. The molecule has 1 N–H and O–H groups in total. The van der Waals surface area contributed by atoms with E-state index in [0.29, 0.717) is 11.1 Å². The van der Waals surface area contributed by atoms with Crippen molar-refractivity contribution in [3.05, 3.63) is 77.0 Å². The minimum absolute atomic E-state index is 0.0348. The smallest absolute Gasteiger partial charge is 0.303 e. The van der Waals surface area contributed by atoms with Gasteiger partial charge in [-0.15, -0.1) is 0 Å². The molecule has 3 rings (SSSR count). The zero-order valence-corrected chi connectivity index (χ0v) is 21.1. The summed E-state index contributed by atoms with van der Waals surface area (Å²) in [4.78, 5) is 14.8. The van der Waals surface area contributed by atoms with Crippen molar-refractivity contribution >= 4 is 5.97 Å². The summed E-state index contributed by atoms with van der Waals surface area (Å²) in [7, 11) is 3.07. The van der Waals surface area contributed by atoms with E-state index in [-0.39, 0.29) is 48.2 Å². The number of ether oxygens (including phenoxy) is 3. The van der Waals surface area contributed by atoms with Gasteiger partial charge in [0.25, 0.3) is 0 Å². The highest BCUT2D eigenvalue weighted by Crippen LogP contribution is 2.42. The van der Waals surface area contributed by atoms with Gasteiger partial charge in [-0.2, -0.15) is 0 Å². The number of pyridine rings is 1. The van der Waals surface area contributed by atoms with Gasteiger partial charge < -0.3 is 19.3 Å². The molecule has 1 atom stereocenters. The minimum Gasteiger partial charge on any atom is -0.486 e. The fraction of sp³-hybridized carbons (Fsp3) is 0.357. The third-order valence-corrected chi connectivity index (χ3v) is 5.80. The summed E-state index contributed by atoms with van der Waals surface area (Å²) in [5.74, 6) is -1.75. The number of benzene rings is 2. The lowest BCUT2D eigenvalue weighted by Gasteiger charge is -2.32. The van der Waals surface area contributed by atoms with E-state index in [1.54, 1.807) is 31.4 Å². The van der Waals surface area contributed by atoms with Crippen molar-refractivity contribution in [2.24, 2.45) is 5.41 Å². The quantitative estimate of drug-likeness (QED) is 0.350. The second kappa shape index (κ2) is 11.5. The number of aromatic nitrogens is 1. The molecule has 8 heteroatoms. The molecule has 192 valence electrons. The highest BCUT2D eigenvalue weighted by atomic mass is 19.1. The van der Waals surface area contributed by atoms with Crippen molar-refractivity contribution < 1.29 is 32.9 Å². The summed E-state index contributed by atoms with van der Waals surface area (Å²) < 4.78 is 46.5. The molecule has 0 amide bonds. The fourth-order valence-corrected chi connectivity index (χ4v) is 4.11. The molecule has 0 aliphatic carbocycles. The molecule has 1 aromatic heterocycles. The summed E-state index contributed by atoms with van der Waals surface area (Å²) >= 11 is 0.